The van der Waals surface area contributed by atoms with Crippen molar-refractivity contribution in [3.8, 4) is 5.75 Å². The van der Waals surface area contributed by atoms with Crippen molar-refractivity contribution in [2.24, 2.45) is 119 Å². The molecule has 0 radical (unpaired) electrons. The number of nitro benzene ring substituents is 1. The Bertz CT molecular complexity index is 3170. The summed E-state index contributed by atoms with van der Waals surface area (Å²) in [5.41, 5.74) is 12.0. The smallest absolute Gasteiger partial charge is 0.457 e. The number of hydrogen-bond donors (Lipinski definition) is 8. The van der Waals surface area contributed by atoms with Gasteiger partial charge in [0.1, 0.15) is 18.0 Å². The Hall–Kier alpha value is -4.26. The third-order valence-electron chi connectivity index (χ3n) is 30.5. The van der Waals surface area contributed by atoms with Crippen molar-refractivity contribution in [2.45, 2.75) is 286 Å². The summed E-state index contributed by atoms with van der Waals surface area (Å²) in [6, 6.07) is 5.40. The van der Waals surface area contributed by atoms with Gasteiger partial charge in [-0.2, -0.15) is 0 Å². The number of esters is 2. The highest BCUT2D eigenvalue weighted by Gasteiger charge is 2.87. The fourth-order valence-electron chi connectivity index (χ4n) is 26.4. The number of nitrogens with two attached hydrogens (primary N) is 3. The molecule has 552 valence electrons. The monoisotopic (exact) mass is 1380 g/mol. The zero-order valence-electron chi connectivity index (χ0n) is 61.6. The summed E-state index contributed by atoms with van der Waals surface area (Å²) in [5, 5.41) is 60.7. The van der Waals surface area contributed by atoms with Gasteiger partial charge in [-0.05, 0) is 222 Å². The summed E-state index contributed by atoms with van der Waals surface area (Å²) >= 11 is 0. The SMILES string of the molecule is CC(=O)O[C@@H]([C@H]1C[C@@H](C)C2[C@H](O1)[C@H](O)[C@@]1(C)[C@@H]3CC[C@H]4C(C)(C)[C@@H](OC(=O)NCCN)CCC45C[C@@]35CC[C@]21C)C(C)(C)O.CC(=O)O[C@@H]([C@H]1C[C@@H](C)C2[C@H](O1)[C@H](O)[C@@]1(C)[C@@H]3CC[C@H]4C(C)(C)[C@@H](OC(=O)Oc5ccc([N+](=O)[O-])cc5)CCC45C[C@@]35CC[C@]21C)C(C)(C)O.NCCN. The Morgan fingerprint density at radius 3 is 1.36 bits per heavy atom. The number of non-ortho nitro benzene ring substituents is 1. The molecule has 10 saturated carbocycles. The van der Waals surface area contributed by atoms with Crippen LogP contribution in [0.1, 0.15) is 214 Å². The van der Waals surface area contributed by atoms with Gasteiger partial charge in [-0.25, -0.2) is 9.59 Å². The number of nitrogens with one attached hydrogen (secondary N) is 1. The molecular formula is C76H121N5O17. The van der Waals surface area contributed by atoms with Crippen LogP contribution >= 0.6 is 0 Å². The van der Waals surface area contributed by atoms with Crippen LogP contribution in [0.3, 0.4) is 0 Å². The largest absolute Gasteiger partial charge is 0.514 e. The standard InChI is InChI=1S/C39H55NO10.C35H58N2O7.C2H8N2/c1-21-19-25(32(35(5,6)44)47-22(2)41)49-30-29(21)36(7)17-18-39-20-38(39)16-15-28(50-33(43)48-24-11-9-23(10-12-24)40(45)46)34(3,4)26(38)13-14-27(39)37(36,8)31(30)42;1-19-17-21(28(31(5,6)41)42-20(2)38)43-26-25(19)32(7)13-14-35-18-34(35)12-11-24(44-29(40)37-16-15-36)30(3,4)22(34)9-10-23(35)33(32,8)27(26)39;3-1-2-4/h9-12,21,25-32,42,44H,13-20H2,1-8H3;19,21-28,39,41H,9-18,36H2,1-8H3,(H,37,40);1-4H2/t21-,25-,26+,27+,28+,29?,30+,31+,32+,36-,37-,38?,39+;19-,21-,22+,23+,24+,25?,26+,27+,28+,32-,33-,34?,35+;/m11./s1. The maximum atomic E-state index is 13.0. The Morgan fingerprint density at radius 2 is 0.990 bits per heavy atom. The average Bonchev–Trinajstić information content (AvgIpc) is 1.46. The zero-order chi connectivity index (χ0) is 72.1. The Morgan fingerprint density at radius 1 is 0.602 bits per heavy atom. The molecule has 11 N–H and O–H groups in total. The van der Waals surface area contributed by atoms with Crippen molar-refractivity contribution in [3.63, 3.8) is 0 Å². The number of amides is 1. The van der Waals surface area contributed by atoms with E-state index < -0.39 is 76.9 Å². The predicted molar refractivity (Wildman–Crippen MR) is 365 cm³/mol. The van der Waals surface area contributed by atoms with Gasteiger partial charge in [0.25, 0.3) is 5.69 Å². The van der Waals surface area contributed by atoms with Crippen LogP contribution in [0.5, 0.6) is 5.75 Å². The van der Waals surface area contributed by atoms with Crippen LogP contribution in [0.15, 0.2) is 24.3 Å². The fourth-order valence-corrected chi connectivity index (χ4v) is 26.4. The Balaban J connectivity index is 0.000000190. The fraction of sp³-hybridized carbons (Fsp3) is 0.868. The van der Waals surface area contributed by atoms with E-state index in [2.05, 4.69) is 74.6 Å². The number of aliphatic hydroxyl groups excluding tert-OH is 2. The third-order valence-corrected chi connectivity index (χ3v) is 30.5. The van der Waals surface area contributed by atoms with Gasteiger partial charge >= 0.3 is 24.2 Å². The third kappa shape index (κ3) is 11.3. The van der Waals surface area contributed by atoms with Crippen LogP contribution in [0.25, 0.3) is 0 Å². The minimum atomic E-state index is -1.30. The van der Waals surface area contributed by atoms with Gasteiger partial charge in [0.15, 0.2) is 12.2 Å². The van der Waals surface area contributed by atoms with Gasteiger partial charge in [0, 0.05) is 73.8 Å². The first-order chi connectivity index (χ1) is 45.5. The van der Waals surface area contributed by atoms with Crippen LogP contribution in [0.2, 0.25) is 0 Å². The lowest BCUT2D eigenvalue weighted by Crippen LogP contribution is -2.60. The van der Waals surface area contributed by atoms with E-state index in [4.69, 9.17) is 50.4 Å². The summed E-state index contributed by atoms with van der Waals surface area (Å²) < 4.78 is 42.4. The second kappa shape index (κ2) is 25.6. The maximum absolute atomic E-state index is 13.0. The Kier molecular flexibility index (Phi) is 19.5. The van der Waals surface area contributed by atoms with Gasteiger partial charge in [0.05, 0.1) is 52.7 Å². The minimum absolute atomic E-state index is 0.0796. The van der Waals surface area contributed by atoms with Gasteiger partial charge in [-0.3, -0.25) is 19.7 Å². The summed E-state index contributed by atoms with van der Waals surface area (Å²) in [6.45, 7) is 34.4. The summed E-state index contributed by atoms with van der Waals surface area (Å²) in [7, 11) is 0. The molecule has 13 rings (SSSR count). The quantitative estimate of drug-likeness (QED) is 0.0299. The minimum Gasteiger partial charge on any atom is -0.457 e. The second-order valence-electron chi connectivity index (χ2n) is 36.4. The first-order valence-corrected chi connectivity index (χ1v) is 37.2. The van der Waals surface area contributed by atoms with Crippen LogP contribution in [0, 0.1) is 112 Å². The topological polar surface area (TPSA) is 347 Å². The summed E-state index contributed by atoms with van der Waals surface area (Å²) in [4.78, 5) is 60.1. The lowest BCUT2D eigenvalue weighted by molar-refractivity contribution is -0.384. The molecule has 12 aliphatic rings. The Labute approximate surface area is 581 Å². The number of carbonyl (C=O) groups excluding carboxylic acids is 4. The molecule has 10 aliphatic carbocycles. The van der Waals surface area contributed by atoms with E-state index in [1.165, 1.54) is 51.0 Å². The number of benzene rings is 1. The van der Waals surface area contributed by atoms with Crippen LogP contribution in [-0.2, 0) is 38.0 Å². The number of aliphatic hydroxyl groups is 4. The normalized spacial score (nSPS) is 45.2. The molecule has 1 amide bonds. The van der Waals surface area contributed by atoms with Crippen LogP contribution in [0.4, 0.5) is 15.3 Å². The zero-order valence-corrected chi connectivity index (χ0v) is 61.6. The van der Waals surface area contributed by atoms with E-state index in [1.54, 1.807) is 27.7 Å². The molecule has 1 aromatic carbocycles. The molecule has 12 fully saturated rings. The van der Waals surface area contributed by atoms with Gasteiger partial charge in [-0.15, -0.1) is 0 Å². The highest BCUT2D eigenvalue weighted by molar-refractivity contribution is 5.68. The number of ether oxygens (including phenoxy) is 7. The number of nitro groups is 1. The number of hydrogen-bond acceptors (Lipinski definition) is 20. The van der Waals surface area contributed by atoms with Crippen molar-refractivity contribution in [2.75, 3.05) is 26.2 Å². The number of fused-ring (bicyclic) bond motifs is 8. The van der Waals surface area contributed by atoms with Crippen molar-refractivity contribution in [1.29, 1.82) is 0 Å². The first-order valence-electron chi connectivity index (χ1n) is 37.2. The van der Waals surface area contributed by atoms with Crippen molar-refractivity contribution in [1.82, 2.24) is 5.32 Å². The number of alkyl carbamates (subject to hydrolysis) is 1. The molecular weight excluding hydrogens is 1250 g/mol. The van der Waals surface area contributed by atoms with Gasteiger partial charge in [-0.1, -0.05) is 69.2 Å². The molecule has 22 heteroatoms. The molecule has 22 nitrogen and oxygen atoms in total. The molecule has 0 bridgehead atoms. The maximum Gasteiger partial charge on any atom is 0.514 e. The molecule has 2 saturated heterocycles. The molecule has 26 atom stereocenters. The lowest BCUT2D eigenvalue weighted by atomic mass is 9.41. The van der Waals surface area contributed by atoms with E-state index in [9.17, 15) is 49.7 Å². The van der Waals surface area contributed by atoms with E-state index in [0.717, 1.165) is 77.0 Å². The molecule has 4 spiro atoms. The molecule has 1 aromatic rings. The van der Waals surface area contributed by atoms with Crippen molar-refractivity contribution >= 4 is 29.9 Å². The summed E-state index contributed by atoms with van der Waals surface area (Å²) in [5.74, 6) is 1.61. The molecule has 2 heterocycles. The number of nitrogens with zero attached hydrogens (tertiary/aromatic N) is 1. The molecule has 4 unspecified atom stereocenters. The highest BCUT2D eigenvalue weighted by atomic mass is 16.7. The van der Waals surface area contributed by atoms with E-state index in [1.807, 2.05) is 0 Å². The first kappa shape index (κ1) is 74.9. The van der Waals surface area contributed by atoms with Crippen LogP contribution in [-0.4, -0.2) is 148 Å². The van der Waals surface area contributed by atoms with Gasteiger partial charge < -0.3 is 76.1 Å². The average molecular weight is 1380 g/mol. The van der Waals surface area contributed by atoms with Gasteiger partial charge in [0.2, 0.25) is 0 Å². The predicted octanol–water partition coefficient (Wildman–Crippen LogP) is 10.5. The van der Waals surface area contributed by atoms with Crippen molar-refractivity contribution < 1.29 is 77.7 Å². The number of rotatable bonds is 13. The summed E-state index contributed by atoms with van der Waals surface area (Å²) in [6.07, 6.45) is 9.34. The second-order valence-corrected chi connectivity index (χ2v) is 36.4. The van der Waals surface area contributed by atoms with E-state index >= 15 is 0 Å². The molecule has 98 heavy (non-hydrogen) atoms. The van der Waals surface area contributed by atoms with Crippen LogP contribution < -0.4 is 27.3 Å². The lowest BCUT2D eigenvalue weighted by Gasteiger charge is -2.63. The number of carbonyl (C=O) groups is 4. The van der Waals surface area contributed by atoms with E-state index in [0.29, 0.717) is 62.7 Å². The van der Waals surface area contributed by atoms with E-state index in [-0.39, 0.29) is 114 Å². The molecule has 2 aliphatic heterocycles. The molecule has 0 aromatic heterocycles. The van der Waals surface area contributed by atoms with Crippen molar-refractivity contribution in [3.05, 3.63) is 34.4 Å². The highest BCUT2D eigenvalue weighted by Crippen LogP contribution is 2.91.